The van der Waals surface area contributed by atoms with Crippen molar-refractivity contribution >= 4 is 40.9 Å². The molecule has 3 aromatic carbocycles. The van der Waals surface area contributed by atoms with Crippen molar-refractivity contribution in [3.05, 3.63) is 83.9 Å². The maximum Gasteiger partial charge on any atom is 0.339 e. The van der Waals surface area contributed by atoms with E-state index < -0.39 is 18.5 Å². The van der Waals surface area contributed by atoms with E-state index in [4.69, 9.17) is 9.47 Å². The number of thioether (sulfide) groups is 1. The fraction of sp³-hybridized carbons (Fsp3) is 0.160. The molecule has 0 radical (unpaired) electrons. The Balaban J connectivity index is 1.53. The molecule has 0 aromatic heterocycles. The van der Waals surface area contributed by atoms with Crippen LogP contribution in [0.3, 0.4) is 0 Å². The number of methoxy groups -OCH3 is 1. The van der Waals surface area contributed by atoms with Gasteiger partial charge in [0, 0.05) is 22.3 Å². The number of ether oxygens (including phenoxy) is 2. The lowest BCUT2D eigenvalue weighted by Crippen LogP contribution is -2.21. The number of rotatable bonds is 9. The molecule has 33 heavy (non-hydrogen) atoms. The van der Waals surface area contributed by atoms with Gasteiger partial charge in [-0.1, -0.05) is 30.3 Å². The molecule has 0 spiro atoms. The Labute approximate surface area is 196 Å². The molecule has 0 atom stereocenters. The number of aryl methyl sites for hydroxylation is 1. The van der Waals surface area contributed by atoms with Crippen molar-refractivity contribution in [2.24, 2.45) is 0 Å². The predicted octanol–water partition coefficient (Wildman–Crippen LogP) is 4.53. The van der Waals surface area contributed by atoms with Gasteiger partial charge in [0.2, 0.25) is 5.91 Å². The molecule has 8 heteroatoms. The van der Waals surface area contributed by atoms with Gasteiger partial charge in [0.15, 0.2) is 6.61 Å². The Hall–Kier alpha value is -3.78. The summed E-state index contributed by atoms with van der Waals surface area (Å²) in [5, 5.41) is 5.49. The van der Waals surface area contributed by atoms with Crippen LogP contribution in [0.25, 0.3) is 0 Å². The Morgan fingerprint density at radius 2 is 1.55 bits per heavy atom. The van der Waals surface area contributed by atoms with Crippen LogP contribution in [-0.2, 0) is 14.3 Å². The van der Waals surface area contributed by atoms with Gasteiger partial charge in [-0.3, -0.25) is 9.59 Å². The smallest absolute Gasteiger partial charge is 0.339 e. The van der Waals surface area contributed by atoms with Crippen LogP contribution in [0.2, 0.25) is 0 Å². The molecule has 0 heterocycles. The van der Waals surface area contributed by atoms with Gasteiger partial charge in [0.1, 0.15) is 5.75 Å². The van der Waals surface area contributed by atoms with E-state index in [2.05, 4.69) is 10.6 Å². The zero-order valence-electron chi connectivity index (χ0n) is 18.3. The van der Waals surface area contributed by atoms with Crippen LogP contribution in [0.1, 0.15) is 15.9 Å². The summed E-state index contributed by atoms with van der Waals surface area (Å²) in [6, 6.07) is 21.2. The second-order valence-electron chi connectivity index (χ2n) is 7.06. The summed E-state index contributed by atoms with van der Waals surface area (Å²) < 4.78 is 10.3. The molecule has 0 aliphatic carbocycles. The van der Waals surface area contributed by atoms with Gasteiger partial charge >= 0.3 is 5.97 Å². The average molecular weight is 465 g/mol. The SMILES string of the molecule is COc1cccc(NC(=O)CSc2ccccc2C(=O)OCC(=O)Nc2cccc(C)c2)c1. The van der Waals surface area contributed by atoms with E-state index in [9.17, 15) is 14.4 Å². The van der Waals surface area contributed by atoms with Crippen LogP contribution in [0.4, 0.5) is 11.4 Å². The molecule has 0 aliphatic rings. The number of anilines is 2. The fourth-order valence-corrected chi connectivity index (χ4v) is 3.77. The maximum absolute atomic E-state index is 12.6. The van der Waals surface area contributed by atoms with E-state index in [0.29, 0.717) is 27.6 Å². The zero-order chi connectivity index (χ0) is 23.6. The number of benzene rings is 3. The molecule has 0 bridgehead atoms. The molecule has 0 fully saturated rings. The first-order chi connectivity index (χ1) is 15.9. The highest BCUT2D eigenvalue weighted by atomic mass is 32.2. The highest BCUT2D eigenvalue weighted by molar-refractivity contribution is 8.00. The third-order valence-corrected chi connectivity index (χ3v) is 5.53. The minimum atomic E-state index is -0.634. The largest absolute Gasteiger partial charge is 0.497 e. The topological polar surface area (TPSA) is 93.7 Å². The number of carbonyl (C=O) groups excluding carboxylic acids is 3. The fourth-order valence-electron chi connectivity index (χ4n) is 2.93. The Kier molecular flexibility index (Phi) is 8.49. The molecule has 0 saturated carbocycles. The third kappa shape index (κ3) is 7.40. The number of nitrogens with one attached hydrogen (secondary N) is 2. The summed E-state index contributed by atoms with van der Waals surface area (Å²) in [4.78, 5) is 37.6. The van der Waals surface area contributed by atoms with Gasteiger partial charge in [0.05, 0.1) is 18.4 Å². The Morgan fingerprint density at radius 1 is 0.848 bits per heavy atom. The average Bonchev–Trinajstić information content (AvgIpc) is 2.81. The summed E-state index contributed by atoms with van der Waals surface area (Å²) in [5.74, 6) is -0.564. The van der Waals surface area contributed by atoms with Crippen LogP contribution >= 0.6 is 11.8 Å². The van der Waals surface area contributed by atoms with Crippen molar-refractivity contribution in [2.45, 2.75) is 11.8 Å². The van der Waals surface area contributed by atoms with E-state index in [1.807, 2.05) is 25.1 Å². The quantitative estimate of drug-likeness (QED) is 0.357. The van der Waals surface area contributed by atoms with Crippen molar-refractivity contribution in [1.82, 2.24) is 0 Å². The zero-order valence-corrected chi connectivity index (χ0v) is 19.1. The first-order valence-corrected chi connectivity index (χ1v) is 11.1. The van der Waals surface area contributed by atoms with Crippen LogP contribution in [0.15, 0.2) is 77.7 Å². The Morgan fingerprint density at radius 3 is 2.30 bits per heavy atom. The molecule has 170 valence electrons. The van der Waals surface area contributed by atoms with Gasteiger partial charge in [-0.15, -0.1) is 11.8 Å². The lowest BCUT2D eigenvalue weighted by Gasteiger charge is -2.10. The maximum atomic E-state index is 12.6. The van der Waals surface area contributed by atoms with E-state index >= 15 is 0 Å². The van der Waals surface area contributed by atoms with E-state index in [1.165, 1.54) is 11.8 Å². The van der Waals surface area contributed by atoms with E-state index in [-0.39, 0.29) is 11.7 Å². The number of carbonyl (C=O) groups is 3. The van der Waals surface area contributed by atoms with Crippen molar-refractivity contribution in [2.75, 3.05) is 30.1 Å². The first-order valence-electron chi connectivity index (χ1n) is 10.1. The van der Waals surface area contributed by atoms with Crippen LogP contribution in [0.5, 0.6) is 5.75 Å². The summed E-state index contributed by atoms with van der Waals surface area (Å²) in [6.07, 6.45) is 0. The molecule has 2 amide bonds. The Bertz CT molecular complexity index is 1150. The number of amides is 2. The lowest BCUT2D eigenvalue weighted by molar-refractivity contribution is -0.119. The molecule has 0 aliphatic heterocycles. The minimum Gasteiger partial charge on any atom is -0.497 e. The molecule has 3 rings (SSSR count). The van der Waals surface area contributed by atoms with E-state index in [0.717, 1.165) is 5.56 Å². The summed E-state index contributed by atoms with van der Waals surface area (Å²) in [5.41, 5.74) is 2.55. The van der Waals surface area contributed by atoms with Gasteiger partial charge in [-0.25, -0.2) is 4.79 Å². The summed E-state index contributed by atoms with van der Waals surface area (Å²) in [7, 11) is 1.55. The second kappa shape index (κ2) is 11.7. The third-order valence-electron chi connectivity index (χ3n) is 4.46. The van der Waals surface area contributed by atoms with Crippen molar-refractivity contribution < 1.29 is 23.9 Å². The second-order valence-corrected chi connectivity index (χ2v) is 8.08. The normalized spacial score (nSPS) is 10.2. The van der Waals surface area contributed by atoms with Crippen molar-refractivity contribution in [3.63, 3.8) is 0 Å². The molecular formula is C25H24N2O5S. The van der Waals surface area contributed by atoms with Gasteiger partial charge < -0.3 is 20.1 Å². The lowest BCUT2D eigenvalue weighted by atomic mass is 10.2. The number of hydrogen-bond acceptors (Lipinski definition) is 6. The summed E-state index contributed by atoms with van der Waals surface area (Å²) >= 11 is 1.21. The van der Waals surface area contributed by atoms with Crippen LogP contribution < -0.4 is 15.4 Å². The number of hydrogen-bond donors (Lipinski definition) is 2. The molecular weight excluding hydrogens is 440 g/mol. The van der Waals surface area contributed by atoms with Crippen LogP contribution in [-0.4, -0.2) is 37.3 Å². The first kappa shape index (κ1) is 23.9. The van der Waals surface area contributed by atoms with Crippen LogP contribution in [0, 0.1) is 6.92 Å². The van der Waals surface area contributed by atoms with Crippen molar-refractivity contribution in [1.29, 1.82) is 0 Å². The van der Waals surface area contributed by atoms with Gasteiger partial charge in [0.25, 0.3) is 5.91 Å². The van der Waals surface area contributed by atoms with Gasteiger partial charge in [-0.2, -0.15) is 0 Å². The molecule has 0 saturated heterocycles. The highest BCUT2D eigenvalue weighted by Gasteiger charge is 2.16. The molecule has 3 aromatic rings. The molecule has 7 nitrogen and oxygen atoms in total. The van der Waals surface area contributed by atoms with Crippen molar-refractivity contribution in [3.8, 4) is 5.75 Å². The van der Waals surface area contributed by atoms with E-state index in [1.54, 1.807) is 61.7 Å². The molecule has 2 N–H and O–H groups in total. The minimum absolute atomic E-state index is 0.0926. The summed E-state index contributed by atoms with van der Waals surface area (Å²) in [6.45, 7) is 1.50. The monoisotopic (exact) mass is 464 g/mol. The highest BCUT2D eigenvalue weighted by Crippen LogP contribution is 2.24. The molecule has 0 unspecified atom stereocenters. The predicted molar refractivity (Wildman–Crippen MR) is 129 cm³/mol. The van der Waals surface area contributed by atoms with Gasteiger partial charge in [-0.05, 0) is 48.9 Å². The number of esters is 1. The standard InChI is InChI=1S/C25H24N2O5S/c1-17-7-5-8-18(13-17)26-23(28)15-32-25(30)21-11-3-4-12-22(21)33-16-24(29)27-19-9-6-10-20(14-19)31-2/h3-14H,15-16H2,1-2H3,(H,26,28)(H,27,29).